The standard InChI is InChI=1S/C18H13N3O2/c22-17(13-7-2-1-3-8-13)14-9-4-5-10-15(14)20-21-16-11-6-12-19-18(16)23/h1-12H,(H,19,23). The molecule has 3 rings (SSSR count). The molecule has 112 valence electrons. The van der Waals surface area contributed by atoms with Crippen LogP contribution in [0.5, 0.6) is 0 Å². The fourth-order valence-electron chi connectivity index (χ4n) is 2.10. The maximum absolute atomic E-state index is 12.6. The van der Waals surface area contributed by atoms with Crippen molar-refractivity contribution >= 4 is 17.2 Å². The zero-order valence-corrected chi connectivity index (χ0v) is 12.1. The van der Waals surface area contributed by atoms with Crippen molar-refractivity contribution < 1.29 is 4.79 Å². The zero-order chi connectivity index (χ0) is 16.1. The van der Waals surface area contributed by atoms with E-state index in [1.54, 1.807) is 60.7 Å². The van der Waals surface area contributed by atoms with Crippen LogP contribution in [0.3, 0.4) is 0 Å². The van der Waals surface area contributed by atoms with Gasteiger partial charge in [-0.2, -0.15) is 0 Å². The van der Waals surface area contributed by atoms with E-state index in [2.05, 4.69) is 15.2 Å². The zero-order valence-electron chi connectivity index (χ0n) is 12.1. The quantitative estimate of drug-likeness (QED) is 0.584. The van der Waals surface area contributed by atoms with Crippen molar-refractivity contribution in [3.63, 3.8) is 0 Å². The number of H-pyrrole nitrogens is 1. The van der Waals surface area contributed by atoms with E-state index >= 15 is 0 Å². The lowest BCUT2D eigenvalue weighted by molar-refractivity contribution is 0.103. The van der Waals surface area contributed by atoms with Crippen LogP contribution >= 0.6 is 0 Å². The predicted molar refractivity (Wildman–Crippen MR) is 87.6 cm³/mol. The molecule has 0 saturated carbocycles. The summed E-state index contributed by atoms with van der Waals surface area (Å²) in [6, 6.07) is 19.1. The highest BCUT2D eigenvalue weighted by Gasteiger charge is 2.12. The molecular weight excluding hydrogens is 290 g/mol. The molecule has 3 aromatic rings. The maximum Gasteiger partial charge on any atom is 0.275 e. The first kappa shape index (κ1) is 14.6. The lowest BCUT2D eigenvalue weighted by atomic mass is 10.0. The topological polar surface area (TPSA) is 74.7 Å². The summed E-state index contributed by atoms with van der Waals surface area (Å²) in [6.07, 6.45) is 1.52. The number of hydrogen-bond donors (Lipinski definition) is 1. The van der Waals surface area contributed by atoms with E-state index in [4.69, 9.17) is 0 Å². The van der Waals surface area contributed by atoms with Crippen molar-refractivity contribution in [2.75, 3.05) is 0 Å². The minimum Gasteiger partial charge on any atom is -0.327 e. The molecule has 0 aliphatic rings. The molecule has 0 unspecified atom stereocenters. The van der Waals surface area contributed by atoms with E-state index in [-0.39, 0.29) is 17.0 Å². The molecule has 1 heterocycles. The van der Waals surface area contributed by atoms with Gasteiger partial charge in [0.15, 0.2) is 11.5 Å². The number of nitrogens with zero attached hydrogens (tertiary/aromatic N) is 2. The molecule has 2 aromatic carbocycles. The van der Waals surface area contributed by atoms with Crippen LogP contribution in [0.2, 0.25) is 0 Å². The van der Waals surface area contributed by atoms with E-state index in [0.29, 0.717) is 16.8 Å². The molecule has 0 saturated heterocycles. The van der Waals surface area contributed by atoms with E-state index in [1.165, 1.54) is 6.20 Å². The first-order valence-corrected chi connectivity index (χ1v) is 7.04. The Morgan fingerprint density at radius 3 is 2.22 bits per heavy atom. The number of pyridine rings is 1. The summed E-state index contributed by atoms with van der Waals surface area (Å²) in [6.45, 7) is 0. The number of nitrogens with one attached hydrogen (secondary N) is 1. The molecule has 5 heteroatoms. The molecule has 23 heavy (non-hydrogen) atoms. The third-order valence-corrected chi connectivity index (χ3v) is 3.25. The van der Waals surface area contributed by atoms with Gasteiger partial charge in [-0.3, -0.25) is 9.59 Å². The highest BCUT2D eigenvalue weighted by atomic mass is 16.1. The fraction of sp³-hybridized carbons (Fsp3) is 0. The van der Waals surface area contributed by atoms with Crippen LogP contribution in [0.1, 0.15) is 15.9 Å². The van der Waals surface area contributed by atoms with Crippen LogP contribution in [-0.4, -0.2) is 10.8 Å². The molecule has 1 N–H and O–H groups in total. The Morgan fingerprint density at radius 2 is 1.43 bits per heavy atom. The Morgan fingerprint density at radius 1 is 0.783 bits per heavy atom. The Labute approximate surface area is 132 Å². The number of ketones is 1. The van der Waals surface area contributed by atoms with Gasteiger partial charge in [0.05, 0.1) is 11.3 Å². The number of benzene rings is 2. The number of aromatic amines is 1. The van der Waals surface area contributed by atoms with Gasteiger partial charge in [-0.1, -0.05) is 42.5 Å². The lowest BCUT2D eigenvalue weighted by Crippen LogP contribution is -2.02. The largest absolute Gasteiger partial charge is 0.327 e. The van der Waals surface area contributed by atoms with Gasteiger partial charge in [0.2, 0.25) is 0 Å². The molecule has 0 aliphatic heterocycles. The molecule has 0 atom stereocenters. The molecule has 1 aromatic heterocycles. The molecule has 0 amide bonds. The van der Waals surface area contributed by atoms with Gasteiger partial charge in [-0.05, 0) is 24.3 Å². The van der Waals surface area contributed by atoms with Gasteiger partial charge in [0, 0.05) is 11.8 Å². The van der Waals surface area contributed by atoms with Gasteiger partial charge in [0.1, 0.15) is 0 Å². The van der Waals surface area contributed by atoms with Gasteiger partial charge < -0.3 is 4.98 Å². The minimum atomic E-state index is -0.330. The normalized spacial score (nSPS) is 10.8. The van der Waals surface area contributed by atoms with Crippen LogP contribution < -0.4 is 5.56 Å². The Kier molecular flexibility index (Phi) is 4.20. The summed E-state index contributed by atoms with van der Waals surface area (Å²) >= 11 is 0. The van der Waals surface area contributed by atoms with Crippen LogP contribution in [0.15, 0.2) is 87.9 Å². The van der Waals surface area contributed by atoms with Crippen molar-refractivity contribution in [2.24, 2.45) is 10.2 Å². The van der Waals surface area contributed by atoms with Gasteiger partial charge >= 0.3 is 0 Å². The molecular formula is C18H13N3O2. The lowest BCUT2D eigenvalue weighted by Gasteiger charge is -2.03. The summed E-state index contributed by atoms with van der Waals surface area (Å²) in [7, 11) is 0. The van der Waals surface area contributed by atoms with Gasteiger partial charge in [-0.15, -0.1) is 10.2 Å². The monoisotopic (exact) mass is 303 g/mol. The smallest absolute Gasteiger partial charge is 0.275 e. The summed E-state index contributed by atoms with van der Waals surface area (Å²) in [5, 5.41) is 8.01. The van der Waals surface area contributed by atoms with E-state index < -0.39 is 0 Å². The Bertz CT molecular complexity index is 915. The molecule has 0 aliphatic carbocycles. The van der Waals surface area contributed by atoms with Crippen LogP contribution in [0.4, 0.5) is 11.4 Å². The van der Waals surface area contributed by atoms with E-state index in [1.807, 2.05) is 6.07 Å². The second-order valence-electron chi connectivity index (χ2n) is 4.80. The highest BCUT2D eigenvalue weighted by Crippen LogP contribution is 2.23. The molecule has 0 fully saturated rings. The minimum absolute atomic E-state index is 0.137. The van der Waals surface area contributed by atoms with Crippen molar-refractivity contribution in [3.05, 3.63) is 94.4 Å². The molecule has 0 radical (unpaired) electrons. The predicted octanol–water partition coefficient (Wildman–Crippen LogP) is 4.02. The average molecular weight is 303 g/mol. The van der Waals surface area contributed by atoms with Crippen LogP contribution in [0.25, 0.3) is 0 Å². The number of carbonyl (C=O) groups excluding carboxylic acids is 1. The number of azo groups is 1. The maximum atomic E-state index is 12.6. The van der Waals surface area contributed by atoms with Crippen molar-refractivity contribution in [1.29, 1.82) is 0 Å². The first-order chi connectivity index (χ1) is 11.3. The molecule has 0 bridgehead atoms. The third kappa shape index (κ3) is 3.29. The van der Waals surface area contributed by atoms with Gasteiger partial charge in [-0.25, -0.2) is 0 Å². The Balaban J connectivity index is 1.97. The number of hydrogen-bond acceptors (Lipinski definition) is 4. The second-order valence-corrected chi connectivity index (χ2v) is 4.80. The summed E-state index contributed by atoms with van der Waals surface area (Å²) in [4.78, 5) is 26.7. The van der Waals surface area contributed by atoms with Crippen molar-refractivity contribution in [3.8, 4) is 0 Å². The molecule has 0 spiro atoms. The average Bonchev–Trinajstić information content (AvgIpc) is 2.61. The SMILES string of the molecule is O=C(c1ccccc1)c1ccccc1N=Nc1ccc[nH]c1=O. The Hall–Kier alpha value is -3.34. The van der Waals surface area contributed by atoms with Crippen molar-refractivity contribution in [1.82, 2.24) is 4.98 Å². The first-order valence-electron chi connectivity index (χ1n) is 7.04. The third-order valence-electron chi connectivity index (χ3n) is 3.25. The van der Waals surface area contributed by atoms with Crippen molar-refractivity contribution in [2.45, 2.75) is 0 Å². The van der Waals surface area contributed by atoms with E-state index in [0.717, 1.165) is 0 Å². The summed E-state index contributed by atoms with van der Waals surface area (Å²) < 4.78 is 0. The number of aromatic nitrogens is 1. The highest BCUT2D eigenvalue weighted by molar-refractivity contribution is 6.11. The van der Waals surface area contributed by atoms with Crippen LogP contribution in [0, 0.1) is 0 Å². The van der Waals surface area contributed by atoms with Crippen LogP contribution in [-0.2, 0) is 0 Å². The number of carbonyl (C=O) groups is 1. The fourth-order valence-corrected chi connectivity index (χ4v) is 2.10. The van der Waals surface area contributed by atoms with E-state index in [9.17, 15) is 9.59 Å². The number of rotatable bonds is 4. The van der Waals surface area contributed by atoms with Gasteiger partial charge in [0.25, 0.3) is 5.56 Å². The summed E-state index contributed by atoms with van der Waals surface area (Å²) in [5.74, 6) is -0.137. The summed E-state index contributed by atoms with van der Waals surface area (Å²) in [5.41, 5.74) is 1.30. The molecule has 5 nitrogen and oxygen atoms in total. The second kappa shape index (κ2) is 6.62.